The van der Waals surface area contributed by atoms with E-state index in [-0.39, 0.29) is 101 Å². The largest absolute Gasteiger partial charge is 2.00 e. The topological polar surface area (TPSA) is 0 Å². The van der Waals surface area contributed by atoms with E-state index in [4.69, 9.17) is 0 Å². The normalized spacial score (nSPS) is 0. The minimum absolute atomic E-state index is 0. The summed E-state index contributed by atoms with van der Waals surface area (Å²) < 4.78 is 0. The molecule has 0 radical (unpaired) electrons. The minimum atomic E-state index is 0. The van der Waals surface area contributed by atoms with Crippen molar-refractivity contribution < 1.29 is 77.6 Å². The van der Waals surface area contributed by atoms with Crippen LogP contribution in [0.1, 0.15) is 1.43 Å². The monoisotopic (exact) mass is 134 g/mol. The molecule has 0 aromatic heterocycles. The van der Waals surface area contributed by atoms with Crippen molar-refractivity contribution in [2.45, 2.75) is 0 Å². The molecule has 0 spiro atoms. The molecule has 0 fully saturated rings. The maximum absolute atomic E-state index is 0. The van der Waals surface area contributed by atoms with Crippen LogP contribution in [0.3, 0.4) is 0 Å². The van der Waals surface area contributed by atoms with E-state index >= 15 is 0 Å². The van der Waals surface area contributed by atoms with E-state index in [0.29, 0.717) is 0 Å². The second-order valence-electron chi connectivity index (χ2n) is 0. The van der Waals surface area contributed by atoms with Crippen molar-refractivity contribution in [3.05, 3.63) is 0 Å². The third-order valence-electron chi connectivity index (χ3n) is 0. The Morgan fingerprint density at radius 1 is 1.00 bits per heavy atom. The summed E-state index contributed by atoms with van der Waals surface area (Å²) in [5.41, 5.74) is 0. The van der Waals surface area contributed by atoms with Crippen molar-refractivity contribution in [3.8, 4) is 0 Å². The zero-order chi connectivity index (χ0) is 0. The fourth-order valence-electron chi connectivity index (χ4n) is 0. The zero-order valence-corrected chi connectivity index (χ0v) is 8.51. The van der Waals surface area contributed by atoms with E-state index in [1.807, 2.05) is 0 Å². The van der Waals surface area contributed by atoms with Gasteiger partial charge < -0.3 is 26.2 Å². The summed E-state index contributed by atoms with van der Waals surface area (Å²) in [5, 5.41) is 0. The molecule has 0 saturated carbocycles. The fourth-order valence-corrected chi connectivity index (χ4v) is 0. The van der Waals surface area contributed by atoms with Gasteiger partial charge in [0.2, 0.25) is 0 Å². The summed E-state index contributed by atoms with van der Waals surface area (Å²) in [4.78, 5) is 0. The molecule has 0 amide bonds. The molecule has 0 nitrogen and oxygen atoms in total. The van der Waals surface area contributed by atoms with Crippen LogP contribution in [0.2, 0.25) is 0 Å². The summed E-state index contributed by atoms with van der Waals surface area (Å²) >= 11 is 0. The van der Waals surface area contributed by atoms with Crippen LogP contribution >= 0.6 is 0 Å². The number of halogens is 2. The summed E-state index contributed by atoms with van der Waals surface area (Å²) in [5.74, 6) is 0. The molecule has 18 valence electrons. The SMILES string of the molecule is [Cl-].[Cl-].[H-].[K+].[Mg+2]. The van der Waals surface area contributed by atoms with Gasteiger partial charge in [0.15, 0.2) is 0 Å². The summed E-state index contributed by atoms with van der Waals surface area (Å²) in [6.07, 6.45) is 0. The zero-order valence-electron chi connectivity index (χ0n) is 3.46. The van der Waals surface area contributed by atoms with Gasteiger partial charge in [0.05, 0.1) is 0 Å². The van der Waals surface area contributed by atoms with Crippen LogP contribution in [0.25, 0.3) is 0 Å². The van der Waals surface area contributed by atoms with E-state index in [1.165, 1.54) is 0 Å². The Kier molecular flexibility index (Phi) is 117. The first-order valence-corrected chi connectivity index (χ1v) is 0. The maximum atomic E-state index is 0. The van der Waals surface area contributed by atoms with Gasteiger partial charge in [0, 0.05) is 0 Å². The van der Waals surface area contributed by atoms with Crippen molar-refractivity contribution in [2.75, 3.05) is 0 Å². The summed E-state index contributed by atoms with van der Waals surface area (Å²) in [6.45, 7) is 0. The molecule has 0 N–H and O–H groups in total. The molecular weight excluding hydrogens is 134 g/mol. The molecule has 0 atom stereocenters. The molecule has 0 aliphatic heterocycles. The molecule has 0 heterocycles. The molecule has 0 aliphatic carbocycles. The molecule has 0 aromatic rings. The van der Waals surface area contributed by atoms with Gasteiger partial charge in [-0.25, -0.2) is 0 Å². The van der Waals surface area contributed by atoms with E-state index in [9.17, 15) is 0 Å². The second-order valence-corrected chi connectivity index (χ2v) is 0. The molecule has 4 heavy (non-hydrogen) atoms. The third kappa shape index (κ3) is 8.88. The molecule has 0 unspecified atom stereocenters. The Hall–Kier alpha value is 2.98. The van der Waals surface area contributed by atoms with Crippen LogP contribution in [0.5, 0.6) is 0 Å². The van der Waals surface area contributed by atoms with Crippen LogP contribution < -0.4 is 76.2 Å². The average molecular weight is 135 g/mol. The van der Waals surface area contributed by atoms with Crippen molar-refractivity contribution in [1.29, 1.82) is 0 Å². The Labute approximate surface area is 98.4 Å². The first-order valence-electron chi connectivity index (χ1n) is 0. The molecule has 0 aliphatic rings. The van der Waals surface area contributed by atoms with Crippen LogP contribution in [-0.4, -0.2) is 23.1 Å². The van der Waals surface area contributed by atoms with Crippen LogP contribution in [0.15, 0.2) is 0 Å². The number of hydrogen-bond donors (Lipinski definition) is 0. The van der Waals surface area contributed by atoms with Crippen molar-refractivity contribution in [1.82, 2.24) is 0 Å². The second kappa shape index (κ2) is 16.7. The molecular formula is HCl2KMg. The number of hydrogen-bond acceptors (Lipinski definition) is 0. The van der Waals surface area contributed by atoms with E-state index in [1.54, 1.807) is 0 Å². The van der Waals surface area contributed by atoms with E-state index < -0.39 is 0 Å². The van der Waals surface area contributed by atoms with Gasteiger partial charge in [-0.1, -0.05) is 0 Å². The quantitative estimate of drug-likeness (QED) is 0.289. The molecule has 0 bridgehead atoms. The number of rotatable bonds is 0. The smallest absolute Gasteiger partial charge is 1.00 e. The van der Waals surface area contributed by atoms with Gasteiger partial charge in [0.25, 0.3) is 0 Å². The van der Waals surface area contributed by atoms with Gasteiger partial charge in [-0.15, -0.1) is 0 Å². The van der Waals surface area contributed by atoms with E-state index in [0.717, 1.165) is 0 Å². The average Bonchev–Trinajstić information content (AvgIpc) is 0. The molecule has 4 heteroatoms. The van der Waals surface area contributed by atoms with Gasteiger partial charge in [-0.3, -0.25) is 0 Å². The Morgan fingerprint density at radius 2 is 1.00 bits per heavy atom. The third-order valence-corrected chi connectivity index (χ3v) is 0. The Morgan fingerprint density at radius 3 is 1.00 bits per heavy atom. The summed E-state index contributed by atoms with van der Waals surface area (Å²) in [7, 11) is 0. The van der Waals surface area contributed by atoms with Crippen molar-refractivity contribution >= 4 is 23.1 Å². The maximum Gasteiger partial charge on any atom is 2.00 e. The minimum Gasteiger partial charge on any atom is -1.00 e. The van der Waals surface area contributed by atoms with Gasteiger partial charge >= 0.3 is 74.4 Å². The van der Waals surface area contributed by atoms with Crippen LogP contribution in [-0.2, 0) is 0 Å². The standard InChI is InChI=1S/2ClH.K.Mg.H/h2*1H;;;/q;;+1;+2;-1/p-2. The van der Waals surface area contributed by atoms with Crippen LogP contribution in [0.4, 0.5) is 0 Å². The van der Waals surface area contributed by atoms with Gasteiger partial charge in [-0.05, 0) is 0 Å². The van der Waals surface area contributed by atoms with Gasteiger partial charge in [0.1, 0.15) is 0 Å². The van der Waals surface area contributed by atoms with E-state index in [2.05, 4.69) is 0 Å². The van der Waals surface area contributed by atoms with Crippen molar-refractivity contribution in [2.24, 2.45) is 0 Å². The Balaban J connectivity index is 0. The predicted molar refractivity (Wildman–Crippen MR) is 6.87 cm³/mol. The first-order chi connectivity index (χ1) is 0. The van der Waals surface area contributed by atoms with Crippen molar-refractivity contribution in [3.63, 3.8) is 0 Å². The molecule has 0 rings (SSSR count). The molecule has 0 aromatic carbocycles. The Bertz CT molecular complexity index is 9.61. The predicted octanol–water partition coefficient (Wildman–Crippen LogP) is -9.26. The fraction of sp³-hybridized carbons (Fsp3) is 0. The van der Waals surface area contributed by atoms with Gasteiger partial charge in [-0.2, -0.15) is 0 Å². The first kappa shape index (κ1) is 28.1. The van der Waals surface area contributed by atoms with Crippen LogP contribution in [0, 0.1) is 0 Å². The summed E-state index contributed by atoms with van der Waals surface area (Å²) in [6, 6.07) is 0. The molecule has 0 saturated heterocycles.